The highest BCUT2D eigenvalue weighted by Gasteiger charge is 2.23. The van der Waals surface area contributed by atoms with Crippen LogP contribution in [0.25, 0.3) is 0 Å². The van der Waals surface area contributed by atoms with Crippen molar-refractivity contribution in [3.05, 3.63) is 59.7 Å². The van der Waals surface area contributed by atoms with Crippen molar-refractivity contribution in [1.29, 1.82) is 0 Å². The summed E-state index contributed by atoms with van der Waals surface area (Å²) in [5.41, 5.74) is 1.83. The number of carbonyl (C=O) groups excluding carboxylic acids is 2. The van der Waals surface area contributed by atoms with Gasteiger partial charge in [0, 0.05) is 17.5 Å². The van der Waals surface area contributed by atoms with Gasteiger partial charge in [0.1, 0.15) is 5.75 Å². The molecule has 0 aliphatic rings. The zero-order valence-electron chi connectivity index (χ0n) is 14.7. The van der Waals surface area contributed by atoms with Crippen LogP contribution in [0.4, 0.5) is 5.69 Å². The van der Waals surface area contributed by atoms with E-state index in [9.17, 15) is 9.59 Å². The van der Waals surface area contributed by atoms with Crippen LogP contribution in [0.15, 0.2) is 48.5 Å². The molecule has 0 unspecified atom stereocenters. The summed E-state index contributed by atoms with van der Waals surface area (Å²) in [5, 5.41) is 0. The number of benzene rings is 2. The molecule has 128 valence electrons. The summed E-state index contributed by atoms with van der Waals surface area (Å²) in [6.07, 6.45) is 5.36. The topological polar surface area (TPSA) is 46.6 Å². The Labute approximate surface area is 148 Å². The molecule has 0 radical (unpaired) electrons. The molecule has 0 aromatic heterocycles. The minimum atomic E-state index is -0.505. The Bertz CT molecular complexity index is 804. The van der Waals surface area contributed by atoms with E-state index in [0.29, 0.717) is 17.0 Å². The van der Waals surface area contributed by atoms with Crippen LogP contribution in [0, 0.1) is 18.3 Å². The Balaban J connectivity index is 2.56. The summed E-state index contributed by atoms with van der Waals surface area (Å²) in [4.78, 5) is 26.4. The zero-order chi connectivity index (χ0) is 18.4. The lowest BCUT2D eigenvalue weighted by Gasteiger charge is -2.24. The normalized spacial score (nSPS) is 10.2. The van der Waals surface area contributed by atoms with E-state index in [-0.39, 0.29) is 18.2 Å². The maximum absolute atomic E-state index is 12.6. The summed E-state index contributed by atoms with van der Waals surface area (Å²) in [6.45, 7) is 3.91. The lowest BCUT2D eigenvalue weighted by Crippen LogP contribution is -2.31. The lowest BCUT2D eigenvalue weighted by atomic mass is 9.98. The summed E-state index contributed by atoms with van der Waals surface area (Å²) >= 11 is 0. The van der Waals surface area contributed by atoms with Gasteiger partial charge in [-0.25, -0.2) is 0 Å². The first-order valence-corrected chi connectivity index (χ1v) is 8.02. The molecule has 0 aliphatic heterocycles. The molecule has 0 atom stereocenters. The highest BCUT2D eigenvalue weighted by molar-refractivity contribution is 6.11. The van der Waals surface area contributed by atoms with Crippen LogP contribution in [0.5, 0.6) is 5.75 Å². The average Bonchev–Trinajstić information content (AvgIpc) is 2.65. The van der Waals surface area contributed by atoms with Gasteiger partial charge in [-0.2, -0.15) is 0 Å². The van der Waals surface area contributed by atoms with Crippen molar-refractivity contribution in [2.75, 3.05) is 12.0 Å². The number of hydrogen-bond donors (Lipinski definition) is 0. The van der Waals surface area contributed by atoms with Gasteiger partial charge >= 0.3 is 5.91 Å². The first-order valence-electron chi connectivity index (χ1n) is 8.02. The standard InChI is InChI=1S/C21H21NO3/c1-5-20(23)22(14-16-9-7-6-8-10-16)19-13-17(25-4)11-12-18(19)21(24)15(2)3/h1,6-13,15H,14H2,2-4H3. The predicted molar refractivity (Wildman–Crippen MR) is 98.6 cm³/mol. The van der Waals surface area contributed by atoms with Crippen molar-refractivity contribution < 1.29 is 14.3 Å². The number of terminal acetylenes is 1. The SMILES string of the molecule is C#CC(=O)N(Cc1ccccc1)c1cc(OC)ccc1C(=O)C(C)C. The van der Waals surface area contributed by atoms with Crippen molar-refractivity contribution >= 4 is 17.4 Å². The van der Waals surface area contributed by atoms with E-state index in [1.165, 1.54) is 12.0 Å². The third kappa shape index (κ3) is 4.27. The van der Waals surface area contributed by atoms with Gasteiger partial charge in [-0.05, 0) is 23.6 Å². The van der Waals surface area contributed by atoms with Crippen LogP contribution in [0.1, 0.15) is 29.8 Å². The fraction of sp³-hybridized carbons (Fsp3) is 0.238. The van der Waals surface area contributed by atoms with Crippen molar-refractivity contribution in [2.45, 2.75) is 20.4 Å². The van der Waals surface area contributed by atoms with E-state index in [2.05, 4.69) is 5.92 Å². The summed E-state index contributed by atoms with van der Waals surface area (Å²) < 4.78 is 5.26. The fourth-order valence-electron chi connectivity index (χ4n) is 2.49. The highest BCUT2D eigenvalue weighted by Crippen LogP contribution is 2.29. The third-order valence-corrected chi connectivity index (χ3v) is 3.84. The molecule has 4 nitrogen and oxygen atoms in total. The van der Waals surface area contributed by atoms with Crippen LogP contribution in [0.2, 0.25) is 0 Å². The molecule has 0 fully saturated rings. The van der Waals surface area contributed by atoms with Crippen LogP contribution in [-0.4, -0.2) is 18.8 Å². The molecular weight excluding hydrogens is 314 g/mol. The molecule has 25 heavy (non-hydrogen) atoms. The summed E-state index contributed by atoms with van der Waals surface area (Å²) in [7, 11) is 1.54. The zero-order valence-corrected chi connectivity index (χ0v) is 14.7. The molecule has 0 N–H and O–H groups in total. The summed E-state index contributed by atoms with van der Waals surface area (Å²) in [5.74, 6) is 1.94. The Morgan fingerprint density at radius 2 is 1.84 bits per heavy atom. The van der Waals surface area contributed by atoms with Gasteiger partial charge in [-0.3, -0.25) is 14.5 Å². The van der Waals surface area contributed by atoms with E-state index in [1.807, 2.05) is 44.2 Å². The first-order chi connectivity index (χ1) is 12.0. The smallest absolute Gasteiger partial charge is 0.302 e. The second kappa shape index (κ2) is 8.16. The molecule has 4 heteroatoms. The van der Waals surface area contributed by atoms with Crippen molar-refractivity contribution in [3.63, 3.8) is 0 Å². The number of amides is 1. The molecule has 0 saturated heterocycles. The molecule has 0 heterocycles. The minimum absolute atomic E-state index is 0.0551. The van der Waals surface area contributed by atoms with E-state index < -0.39 is 5.91 Å². The number of nitrogens with zero attached hydrogens (tertiary/aromatic N) is 1. The monoisotopic (exact) mass is 335 g/mol. The molecule has 0 spiro atoms. The maximum Gasteiger partial charge on any atom is 0.302 e. The molecule has 2 aromatic rings. The van der Waals surface area contributed by atoms with Crippen LogP contribution in [-0.2, 0) is 11.3 Å². The van der Waals surface area contributed by atoms with Crippen LogP contribution >= 0.6 is 0 Å². The fourth-order valence-corrected chi connectivity index (χ4v) is 2.49. The van der Waals surface area contributed by atoms with Crippen LogP contribution in [0.3, 0.4) is 0 Å². The van der Waals surface area contributed by atoms with Crippen molar-refractivity contribution in [2.24, 2.45) is 5.92 Å². The van der Waals surface area contributed by atoms with Gasteiger partial charge in [0.2, 0.25) is 0 Å². The largest absolute Gasteiger partial charge is 0.497 e. The number of hydrogen-bond acceptors (Lipinski definition) is 3. The number of carbonyl (C=O) groups is 2. The van der Waals surface area contributed by atoms with E-state index >= 15 is 0 Å². The van der Waals surface area contributed by atoms with Gasteiger partial charge in [-0.15, -0.1) is 6.42 Å². The van der Waals surface area contributed by atoms with E-state index in [1.54, 1.807) is 18.2 Å². The molecule has 2 rings (SSSR count). The van der Waals surface area contributed by atoms with E-state index in [0.717, 1.165) is 5.56 Å². The molecule has 2 aromatic carbocycles. The van der Waals surface area contributed by atoms with Gasteiger partial charge in [0.25, 0.3) is 0 Å². The molecule has 1 amide bonds. The van der Waals surface area contributed by atoms with E-state index in [4.69, 9.17) is 11.2 Å². The Hall–Kier alpha value is -3.06. The average molecular weight is 335 g/mol. The van der Waals surface area contributed by atoms with Gasteiger partial charge in [-0.1, -0.05) is 44.2 Å². The number of ether oxygens (including phenoxy) is 1. The van der Waals surface area contributed by atoms with Gasteiger partial charge in [0.05, 0.1) is 19.3 Å². The highest BCUT2D eigenvalue weighted by atomic mass is 16.5. The second-order valence-electron chi connectivity index (χ2n) is 5.92. The van der Waals surface area contributed by atoms with Crippen molar-refractivity contribution in [1.82, 2.24) is 0 Å². The van der Waals surface area contributed by atoms with Gasteiger partial charge < -0.3 is 4.74 Å². The second-order valence-corrected chi connectivity index (χ2v) is 5.92. The number of methoxy groups -OCH3 is 1. The number of rotatable bonds is 6. The lowest BCUT2D eigenvalue weighted by molar-refractivity contribution is -0.113. The number of anilines is 1. The first kappa shape index (κ1) is 18.3. The Morgan fingerprint density at radius 3 is 2.40 bits per heavy atom. The quantitative estimate of drug-likeness (QED) is 0.597. The Morgan fingerprint density at radius 1 is 1.16 bits per heavy atom. The number of Topliss-reactive ketones (excluding diaryl/α,β-unsaturated/α-hetero) is 1. The predicted octanol–water partition coefficient (Wildman–Crippen LogP) is 3.70. The summed E-state index contributed by atoms with van der Waals surface area (Å²) in [6, 6.07) is 14.5. The number of ketones is 1. The Kier molecular flexibility index (Phi) is 5.97. The minimum Gasteiger partial charge on any atom is -0.497 e. The van der Waals surface area contributed by atoms with Gasteiger partial charge in [0.15, 0.2) is 5.78 Å². The molecule has 0 saturated carbocycles. The molecule has 0 bridgehead atoms. The van der Waals surface area contributed by atoms with Crippen LogP contribution < -0.4 is 9.64 Å². The molecule has 0 aliphatic carbocycles. The molecular formula is C21H21NO3. The van der Waals surface area contributed by atoms with Crippen molar-refractivity contribution in [3.8, 4) is 18.1 Å². The third-order valence-electron chi connectivity index (χ3n) is 3.84. The maximum atomic E-state index is 12.6.